The fourth-order valence-electron chi connectivity index (χ4n) is 6.60. The highest BCUT2D eigenvalue weighted by Crippen LogP contribution is 2.18. The Morgan fingerprint density at radius 3 is 0.904 bits per heavy atom. The van der Waals surface area contributed by atoms with Gasteiger partial charge in [0.15, 0.2) is 6.10 Å². The van der Waals surface area contributed by atoms with Gasteiger partial charge in [-0.2, -0.15) is 0 Å². The molecule has 0 bridgehead atoms. The standard InChI is InChI=1S/C46H88O6/c1-7-40(4)32-26-20-14-12-10-11-13-15-23-29-35-44(47)50-38-43(52-46(49)37-31-25-19-17-22-28-34-42(6)9-3)39-51-45(48)36-30-24-18-16-21-27-33-41(5)8-2/h40-43H,7-39H2,1-6H3/t40?,41?,42?,43-/m0/s1. The van der Waals surface area contributed by atoms with Gasteiger partial charge in [0.25, 0.3) is 0 Å². The first-order chi connectivity index (χ1) is 25.2. The third kappa shape index (κ3) is 35.4. The third-order valence-corrected chi connectivity index (χ3v) is 11.2. The third-order valence-electron chi connectivity index (χ3n) is 11.2. The van der Waals surface area contributed by atoms with Gasteiger partial charge < -0.3 is 14.2 Å². The summed E-state index contributed by atoms with van der Waals surface area (Å²) in [5.74, 6) is 1.63. The van der Waals surface area contributed by atoms with E-state index in [9.17, 15) is 14.4 Å². The Bertz CT molecular complexity index is 813. The van der Waals surface area contributed by atoms with Crippen molar-refractivity contribution >= 4 is 17.9 Å². The maximum Gasteiger partial charge on any atom is 0.306 e. The van der Waals surface area contributed by atoms with E-state index in [1.165, 1.54) is 122 Å². The molecule has 0 amide bonds. The van der Waals surface area contributed by atoms with Crippen molar-refractivity contribution in [3.05, 3.63) is 0 Å². The van der Waals surface area contributed by atoms with Gasteiger partial charge in [0.1, 0.15) is 13.2 Å². The van der Waals surface area contributed by atoms with E-state index in [0.717, 1.165) is 75.5 Å². The molecule has 0 aromatic heterocycles. The molecule has 0 aliphatic rings. The molecule has 0 aliphatic carbocycles. The van der Waals surface area contributed by atoms with Crippen LogP contribution in [-0.2, 0) is 28.6 Å². The average molecular weight is 737 g/mol. The number of esters is 3. The highest BCUT2D eigenvalue weighted by atomic mass is 16.6. The van der Waals surface area contributed by atoms with E-state index in [1.807, 2.05) is 0 Å². The number of hydrogen-bond donors (Lipinski definition) is 0. The van der Waals surface area contributed by atoms with Crippen LogP contribution < -0.4 is 0 Å². The van der Waals surface area contributed by atoms with E-state index in [4.69, 9.17) is 14.2 Å². The van der Waals surface area contributed by atoms with Gasteiger partial charge in [0, 0.05) is 19.3 Å². The van der Waals surface area contributed by atoms with Crippen LogP contribution in [0.15, 0.2) is 0 Å². The van der Waals surface area contributed by atoms with Crippen LogP contribution in [0.5, 0.6) is 0 Å². The van der Waals surface area contributed by atoms with Crippen molar-refractivity contribution in [2.24, 2.45) is 17.8 Å². The second-order valence-corrected chi connectivity index (χ2v) is 16.4. The molecule has 0 aromatic rings. The lowest BCUT2D eigenvalue weighted by atomic mass is 9.99. The summed E-state index contributed by atoms with van der Waals surface area (Å²) in [6.07, 6.45) is 33.7. The minimum Gasteiger partial charge on any atom is -0.462 e. The van der Waals surface area contributed by atoms with Crippen LogP contribution in [0.2, 0.25) is 0 Å². The Morgan fingerprint density at radius 1 is 0.365 bits per heavy atom. The average Bonchev–Trinajstić information content (AvgIpc) is 3.14. The summed E-state index contributed by atoms with van der Waals surface area (Å²) in [6.45, 7) is 13.6. The molecule has 0 saturated carbocycles. The largest absolute Gasteiger partial charge is 0.462 e. The van der Waals surface area contributed by atoms with E-state index in [1.54, 1.807) is 0 Å². The second kappa shape index (κ2) is 37.7. The smallest absolute Gasteiger partial charge is 0.306 e. The molecule has 0 N–H and O–H groups in total. The number of hydrogen-bond acceptors (Lipinski definition) is 6. The fraction of sp³-hybridized carbons (Fsp3) is 0.935. The van der Waals surface area contributed by atoms with Crippen molar-refractivity contribution in [1.82, 2.24) is 0 Å². The maximum absolute atomic E-state index is 12.7. The predicted octanol–water partition coefficient (Wildman–Crippen LogP) is 14.0. The van der Waals surface area contributed by atoms with Crippen LogP contribution in [-0.4, -0.2) is 37.2 Å². The number of carbonyl (C=O) groups excluding carboxylic acids is 3. The molecule has 6 nitrogen and oxygen atoms in total. The number of unbranched alkanes of at least 4 members (excludes halogenated alkanes) is 19. The van der Waals surface area contributed by atoms with Crippen molar-refractivity contribution in [2.75, 3.05) is 13.2 Å². The quantitative estimate of drug-likeness (QED) is 0.0355. The van der Waals surface area contributed by atoms with Crippen LogP contribution in [0.25, 0.3) is 0 Å². The molecule has 4 atom stereocenters. The molecule has 308 valence electrons. The normalized spacial score (nSPS) is 13.7. The number of rotatable bonds is 39. The van der Waals surface area contributed by atoms with E-state index in [-0.39, 0.29) is 31.1 Å². The summed E-state index contributed by atoms with van der Waals surface area (Å²) >= 11 is 0. The zero-order valence-corrected chi connectivity index (χ0v) is 35.6. The molecule has 0 radical (unpaired) electrons. The summed E-state index contributed by atoms with van der Waals surface area (Å²) in [5, 5.41) is 0. The molecular weight excluding hydrogens is 648 g/mol. The van der Waals surface area contributed by atoms with E-state index in [0.29, 0.717) is 19.3 Å². The number of ether oxygens (including phenoxy) is 3. The first-order valence-electron chi connectivity index (χ1n) is 22.7. The molecule has 6 heteroatoms. The van der Waals surface area contributed by atoms with Crippen molar-refractivity contribution in [3.63, 3.8) is 0 Å². The molecule has 3 unspecified atom stereocenters. The van der Waals surface area contributed by atoms with Gasteiger partial charge in [-0.1, -0.05) is 202 Å². The molecule has 0 rings (SSSR count). The lowest BCUT2D eigenvalue weighted by Gasteiger charge is -2.18. The first kappa shape index (κ1) is 50.4. The Hall–Kier alpha value is -1.59. The monoisotopic (exact) mass is 737 g/mol. The van der Waals surface area contributed by atoms with Crippen LogP contribution >= 0.6 is 0 Å². The topological polar surface area (TPSA) is 78.9 Å². The van der Waals surface area contributed by atoms with Crippen molar-refractivity contribution < 1.29 is 28.6 Å². The second-order valence-electron chi connectivity index (χ2n) is 16.4. The predicted molar refractivity (Wildman–Crippen MR) is 219 cm³/mol. The van der Waals surface area contributed by atoms with Crippen LogP contribution in [0.3, 0.4) is 0 Å². The molecule has 0 heterocycles. The molecule has 0 saturated heterocycles. The van der Waals surface area contributed by atoms with Crippen LogP contribution in [0, 0.1) is 17.8 Å². The Morgan fingerprint density at radius 2 is 0.615 bits per heavy atom. The summed E-state index contributed by atoms with van der Waals surface area (Å²) in [4.78, 5) is 37.7. The van der Waals surface area contributed by atoms with Gasteiger partial charge >= 0.3 is 17.9 Å². The highest BCUT2D eigenvalue weighted by molar-refractivity contribution is 5.71. The number of carbonyl (C=O) groups is 3. The van der Waals surface area contributed by atoms with E-state index in [2.05, 4.69) is 41.5 Å². The summed E-state index contributed by atoms with van der Waals surface area (Å²) in [7, 11) is 0. The zero-order chi connectivity index (χ0) is 38.5. The first-order valence-corrected chi connectivity index (χ1v) is 22.7. The molecule has 0 fully saturated rings. The minimum atomic E-state index is -0.762. The zero-order valence-electron chi connectivity index (χ0n) is 35.6. The molecule has 52 heavy (non-hydrogen) atoms. The van der Waals surface area contributed by atoms with Crippen LogP contribution in [0.1, 0.15) is 241 Å². The van der Waals surface area contributed by atoms with Crippen molar-refractivity contribution in [2.45, 2.75) is 247 Å². The van der Waals surface area contributed by atoms with Gasteiger partial charge in [-0.3, -0.25) is 14.4 Å². The summed E-state index contributed by atoms with van der Waals surface area (Å²) < 4.78 is 16.7. The Balaban J connectivity index is 4.35. The van der Waals surface area contributed by atoms with E-state index < -0.39 is 6.10 Å². The van der Waals surface area contributed by atoms with Crippen molar-refractivity contribution in [1.29, 1.82) is 0 Å². The van der Waals surface area contributed by atoms with Crippen LogP contribution in [0.4, 0.5) is 0 Å². The van der Waals surface area contributed by atoms with Gasteiger partial charge in [0.05, 0.1) is 0 Å². The van der Waals surface area contributed by atoms with Gasteiger partial charge in [-0.15, -0.1) is 0 Å². The Kier molecular flexibility index (Phi) is 36.6. The van der Waals surface area contributed by atoms with Gasteiger partial charge in [-0.05, 0) is 37.0 Å². The van der Waals surface area contributed by atoms with Gasteiger partial charge in [-0.25, -0.2) is 0 Å². The highest BCUT2D eigenvalue weighted by Gasteiger charge is 2.19. The minimum absolute atomic E-state index is 0.0674. The lowest BCUT2D eigenvalue weighted by Crippen LogP contribution is -2.30. The SMILES string of the molecule is CCC(C)CCCCCCCCCCCCC(=O)OC[C@@H](COC(=O)CCCCCCCCC(C)CC)OC(=O)CCCCCCCCC(C)CC. The lowest BCUT2D eigenvalue weighted by molar-refractivity contribution is -0.167. The Labute approximate surface area is 323 Å². The molecule has 0 aliphatic heterocycles. The summed E-state index contributed by atoms with van der Waals surface area (Å²) in [5.41, 5.74) is 0. The molecule has 0 spiro atoms. The van der Waals surface area contributed by atoms with E-state index >= 15 is 0 Å². The van der Waals surface area contributed by atoms with Crippen molar-refractivity contribution in [3.8, 4) is 0 Å². The van der Waals surface area contributed by atoms with Gasteiger partial charge in [0.2, 0.25) is 0 Å². The summed E-state index contributed by atoms with van der Waals surface area (Å²) in [6, 6.07) is 0. The maximum atomic E-state index is 12.7. The fourth-order valence-corrected chi connectivity index (χ4v) is 6.60. The molecular formula is C46H88O6. The molecule has 0 aromatic carbocycles.